The van der Waals surface area contributed by atoms with E-state index in [-0.39, 0.29) is 17.1 Å². The van der Waals surface area contributed by atoms with E-state index in [0.29, 0.717) is 5.56 Å². The molecular formula is C12H17NO6S. The molecule has 0 unspecified atom stereocenters. The van der Waals surface area contributed by atoms with Gasteiger partial charge in [0.25, 0.3) is 0 Å². The molecule has 0 aliphatic rings. The lowest BCUT2D eigenvalue weighted by atomic mass is 10.2. The highest BCUT2D eigenvalue weighted by molar-refractivity contribution is 7.89. The lowest BCUT2D eigenvalue weighted by Gasteiger charge is -2.15. The summed E-state index contributed by atoms with van der Waals surface area (Å²) >= 11 is 0. The molecule has 0 aliphatic heterocycles. The highest BCUT2D eigenvalue weighted by Crippen LogP contribution is 2.24. The van der Waals surface area contributed by atoms with Crippen LogP contribution in [0.3, 0.4) is 0 Å². The number of hydrogen-bond acceptors (Lipinski definition) is 5. The third-order valence-corrected chi connectivity index (χ3v) is 4.11. The molecule has 0 saturated heterocycles. The number of rotatable bonds is 7. The summed E-state index contributed by atoms with van der Waals surface area (Å²) in [7, 11) is -2.73. The second-order valence-corrected chi connectivity index (χ2v) is 5.86. The van der Waals surface area contributed by atoms with Crippen LogP contribution in [0.25, 0.3) is 0 Å². The fourth-order valence-electron chi connectivity index (χ4n) is 1.61. The Balaban J connectivity index is 3.16. The second kappa shape index (κ2) is 6.69. The molecule has 1 rings (SSSR count). The van der Waals surface area contributed by atoms with Crippen LogP contribution >= 0.6 is 0 Å². The van der Waals surface area contributed by atoms with Crippen molar-refractivity contribution in [2.75, 3.05) is 13.7 Å². The zero-order chi connectivity index (χ0) is 15.3. The highest BCUT2D eigenvalue weighted by atomic mass is 32.2. The van der Waals surface area contributed by atoms with E-state index in [1.165, 1.54) is 19.2 Å². The molecule has 0 aliphatic carbocycles. The predicted molar refractivity (Wildman–Crippen MR) is 71.2 cm³/mol. The van der Waals surface area contributed by atoms with Crippen molar-refractivity contribution in [1.29, 1.82) is 0 Å². The van der Waals surface area contributed by atoms with E-state index in [9.17, 15) is 13.2 Å². The van der Waals surface area contributed by atoms with E-state index in [1.807, 2.05) is 4.72 Å². The van der Waals surface area contributed by atoms with Crippen molar-refractivity contribution in [1.82, 2.24) is 4.72 Å². The molecule has 3 N–H and O–H groups in total. The van der Waals surface area contributed by atoms with E-state index in [2.05, 4.69) is 0 Å². The Kier molecular flexibility index (Phi) is 5.49. The SMILES string of the molecule is COc1ccc(C)cc1S(=O)(=O)N[C@H](CCO)C(=O)O. The monoisotopic (exact) mass is 303 g/mol. The van der Waals surface area contributed by atoms with Crippen LogP contribution < -0.4 is 9.46 Å². The summed E-state index contributed by atoms with van der Waals surface area (Å²) in [5.74, 6) is -1.23. The summed E-state index contributed by atoms with van der Waals surface area (Å²) in [4.78, 5) is 10.8. The van der Waals surface area contributed by atoms with Gasteiger partial charge in [-0.15, -0.1) is 0 Å². The van der Waals surface area contributed by atoms with Gasteiger partial charge in [0.1, 0.15) is 16.7 Å². The first-order valence-electron chi connectivity index (χ1n) is 5.82. The molecule has 8 heteroatoms. The summed E-state index contributed by atoms with van der Waals surface area (Å²) in [6, 6.07) is 3.17. The van der Waals surface area contributed by atoms with Crippen LogP contribution in [-0.2, 0) is 14.8 Å². The molecule has 0 heterocycles. The number of sulfonamides is 1. The number of carboxylic acids is 1. The third kappa shape index (κ3) is 3.92. The number of aliphatic hydroxyl groups excluding tert-OH is 1. The molecule has 0 amide bonds. The molecule has 0 radical (unpaired) electrons. The van der Waals surface area contributed by atoms with Crippen LogP contribution in [0.2, 0.25) is 0 Å². The Bertz CT molecular complexity index is 584. The molecule has 20 heavy (non-hydrogen) atoms. The van der Waals surface area contributed by atoms with Crippen LogP contribution in [0.5, 0.6) is 5.75 Å². The number of carboxylic acid groups (broad SMARTS) is 1. The molecule has 0 spiro atoms. The number of methoxy groups -OCH3 is 1. The molecule has 1 aromatic carbocycles. The topological polar surface area (TPSA) is 113 Å². The maximum absolute atomic E-state index is 12.2. The standard InChI is InChI=1S/C12H17NO6S/c1-8-3-4-10(19-2)11(7-8)20(17,18)13-9(5-6-14)12(15)16/h3-4,7,9,13-14H,5-6H2,1-2H3,(H,15,16)/t9-/m1/s1. The first-order valence-corrected chi connectivity index (χ1v) is 7.30. The Morgan fingerprint density at radius 2 is 2.10 bits per heavy atom. The van der Waals surface area contributed by atoms with Crippen LogP contribution in [0.1, 0.15) is 12.0 Å². The van der Waals surface area contributed by atoms with Crippen LogP contribution in [0, 0.1) is 6.92 Å². The smallest absolute Gasteiger partial charge is 0.321 e. The zero-order valence-electron chi connectivity index (χ0n) is 11.2. The number of ether oxygens (including phenoxy) is 1. The summed E-state index contributed by atoms with van der Waals surface area (Å²) in [5.41, 5.74) is 0.695. The first kappa shape index (κ1) is 16.4. The maximum atomic E-state index is 12.2. The van der Waals surface area contributed by atoms with E-state index in [0.717, 1.165) is 0 Å². The minimum absolute atomic E-state index is 0.122. The summed E-state index contributed by atoms with van der Waals surface area (Å²) in [6.45, 7) is 1.27. The lowest BCUT2D eigenvalue weighted by Crippen LogP contribution is -2.41. The number of aryl methyl sites for hydroxylation is 1. The zero-order valence-corrected chi connectivity index (χ0v) is 12.0. The number of nitrogens with one attached hydrogen (secondary N) is 1. The van der Waals surface area contributed by atoms with Gasteiger partial charge in [-0.2, -0.15) is 4.72 Å². The number of hydrogen-bond donors (Lipinski definition) is 3. The van der Waals surface area contributed by atoms with Gasteiger partial charge in [0.15, 0.2) is 0 Å². The van der Waals surface area contributed by atoms with Gasteiger partial charge < -0.3 is 14.9 Å². The van der Waals surface area contributed by atoms with Crippen molar-refractivity contribution in [3.8, 4) is 5.75 Å². The van der Waals surface area contributed by atoms with Crippen molar-refractivity contribution in [2.45, 2.75) is 24.3 Å². The Labute approximate surface area is 117 Å². The average Bonchev–Trinajstić information content (AvgIpc) is 2.38. The van der Waals surface area contributed by atoms with Gasteiger partial charge in [0, 0.05) is 6.61 Å². The predicted octanol–water partition coefficient (Wildman–Crippen LogP) is 0.118. The molecule has 0 fully saturated rings. The Hall–Kier alpha value is -1.64. The fourth-order valence-corrected chi connectivity index (χ4v) is 3.08. The van der Waals surface area contributed by atoms with Crippen molar-refractivity contribution < 1.29 is 28.2 Å². The normalized spacial score (nSPS) is 12.9. The number of aliphatic carboxylic acids is 1. The maximum Gasteiger partial charge on any atom is 0.321 e. The van der Waals surface area contributed by atoms with Gasteiger partial charge in [0.2, 0.25) is 10.0 Å². The molecule has 0 saturated carbocycles. The van der Waals surface area contributed by atoms with Crippen LogP contribution in [0.4, 0.5) is 0 Å². The van der Waals surface area contributed by atoms with Crippen molar-refractivity contribution >= 4 is 16.0 Å². The first-order chi connectivity index (χ1) is 9.31. The summed E-state index contributed by atoms with van der Waals surface area (Å²) in [6.07, 6.45) is -0.220. The average molecular weight is 303 g/mol. The number of benzene rings is 1. The van der Waals surface area contributed by atoms with E-state index in [4.69, 9.17) is 14.9 Å². The fraction of sp³-hybridized carbons (Fsp3) is 0.417. The van der Waals surface area contributed by atoms with Gasteiger partial charge in [-0.1, -0.05) is 6.07 Å². The molecule has 0 bridgehead atoms. The molecule has 112 valence electrons. The van der Waals surface area contributed by atoms with Crippen LogP contribution in [0.15, 0.2) is 23.1 Å². The number of carbonyl (C=O) groups is 1. The van der Waals surface area contributed by atoms with Gasteiger partial charge in [-0.05, 0) is 31.0 Å². The molecule has 7 nitrogen and oxygen atoms in total. The molecular weight excluding hydrogens is 286 g/mol. The Morgan fingerprint density at radius 1 is 1.45 bits per heavy atom. The van der Waals surface area contributed by atoms with Crippen molar-refractivity contribution in [3.05, 3.63) is 23.8 Å². The van der Waals surface area contributed by atoms with Gasteiger partial charge in [-0.25, -0.2) is 8.42 Å². The summed E-state index contributed by atoms with van der Waals surface area (Å²) in [5, 5.41) is 17.7. The van der Waals surface area contributed by atoms with E-state index >= 15 is 0 Å². The molecule has 1 aromatic rings. The van der Waals surface area contributed by atoms with Crippen LogP contribution in [-0.4, -0.2) is 44.4 Å². The largest absolute Gasteiger partial charge is 0.495 e. The van der Waals surface area contributed by atoms with Gasteiger partial charge >= 0.3 is 5.97 Å². The quantitative estimate of drug-likeness (QED) is 0.659. The minimum Gasteiger partial charge on any atom is -0.495 e. The Morgan fingerprint density at radius 3 is 2.60 bits per heavy atom. The third-order valence-electron chi connectivity index (χ3n) is 2.62. The lowest BCUT2D eigenvalue weighted by molar-refractivity contribution is -0.139. The number of aliphatic hydroxyl groups is 1. The highest BCUT2D eigenvalue weighted by Gasteiger charge is 2.27. The van der Waals surface area contributed by atoms with Gasteiger partial charge in [-0.3, -0.25) is 4.79 Å². The minimum atomic E-state index is -4.06. The van der Waals surface area contributed by atoms with Crippen molar-refractivity contribution in [3.63, 3.8) is 0 Å². The van der Waals surface area contributed by atoms with Crippen molar-refractivity contribution in [2.24, 2.45) is 0 Å². The molecule has 1 atom stereocenters. The van der Waals surface area contributed by atoms with E-state index < -0.39 is 28.6 Å². The second-order valence-electron chi connectivity index (χ2n) is 4.18. The molecule has 0 aromatic heterocycles. The van der Waals surface area contributed by atoms with Gasteiger partial charge in [0.05, 0.1) is 7.11 Å². The summed E-state index contributed by atoms with van der Waals surface area (Å²) < 4.78 is 31.5. The van der Waals surface area contributed by atoms with E-state index in [1.54, 1.807) is 13.0 Å².